The molecule has 2 fully saturated rings. The van der Waals surface area contributed by atoms with E-state index in [1.54, 1.807) is 0 Å². The maximum atomic E-state index is 12.9. The molecule has 5 nitrogen and oxygen atoms in total. The van der Waals surface area contributed by atoms with Crippen LogP contribution in [0.3, 0.4) is 0 Å². The van der Waals surface area contributed by atoms with Crippen LogP contribution in [0.2, 0.25) is 0 Å². The average Bonchev–Trinajstić information content (AvgIpc) is 2.84. The highest BCUT2D eigenvalue weighted by Gasteiger charge is 2.37. The molecule has 0 saturated carbocycles. The smallest absolute Gasteiger partial charge is 0.419 e. The van der Waals surface area contributed by atoms with Crippen LogP contribution in [0.4, 0.5) is 18.0 Å². The number of phenols is 1. The van der Waals surface area contributed by atoms with Gasteiger partial charge in [0.05, 0.1) is 23.1 Å². The first-order valence-corrected chi connectivity index (χ1v) is 8.84. The first-order chi connectivity index (χ1) is 12.3. The molecule has 2 heterocycles. The van der Waals surface area contributed by atoms with Crippen molar-refractivity contribution in [3.8, 4) is 5.75 Å². The molecule has 2 aliphatic rings. The molecule has 140 valence electrons. The second-order valence-corrected chi connectivity index (χ2v) is 7.05. The SMILES string of the molecule is O=C1SC(=Cc2ccc(O)c(C(F)(F)F)c2)C(=O)N1CC1CCCCO1. The molecule has 9 heteroatoms. The molecule has 0 aromatic heterocycles. The predicted molar refractivity (Wildman–Crippen MR) is 89.4 cm³/mol. The first-order valence-electron chi connectivity index (χ1n) is 8.03. The van der Waals surface area contributed by atoms with Crippen LogP contribution in [-0.2, 0) is 15.7 Å². The summed E-state index contributed by atoms with van der Waals surface area (Å²) in [5.74, 6) is -1.44. The number of benzene rings is 1. The van der Waals surface area contributed by atoms with Crippen LogP contribution < -0.4 is 0 Å². The zero-order valence-corrected chi connectivity index (χ0v) is 14.4. The molecule has 0 spiro atoms. The Labute approximate surface area is 151 Å². The Balaban J connectivity index is 1.79. The topological polar surface area (TPSA) is 66.8 Å². The fourth-order valence-corrected chi connectivity index (χ4v) is 3.68. The zero-order chi connectivity index (χ0) is 18.9. The van der Waals surface area contributed by atoms with Crippen molar-refractivity contribution in [1.82, 2.24) is 4.90 Å². The molecule has 2 amide bonds. The number of nitrogens with zero attached hydrogens (tertiary/aromatic N) is 1. The summed E-state index contributed by atoms with van der Waals surface area (Å²) >= 11 is 0.682. The van der Waals surface area contributed by atoms with Gasteiger partial charge in [-0.1, -0.05) is 6.07 Å². The van der Waals surface area contributed by atoms with Crippen LogP contribution >= 0.6 is 11.8 Å². The van der Waals surface area contributed by atoms with Crippen molar-refractivity contribution >= 4 is 29.0 Å². The summed E-state index contributed by atoms with van der Waals surface area (Å²) in [5.41, 5.74) is -1.12. The van der Waals surface area contributed by atoms with E-state index < -0.39 is 28.6 Å². The first kappa shape index (κ1) is 18.8. The monoisotopic (exact) mass is 387 g/mol. The van der Waals surface area contributed by atoms with Gasteiger partial charge in [0.2, 0.25) is 0 Å². The van der Waals surface area contributed by atoms with Gasteiger partial charge < -0.3 is 9.84 Å². The summed E-state index contributed by atoms with van der Waals surface area (Å²) in [6.07, 6.45) is -1.03. The van der Waals surface area contributed by atoms with Crippen LogP contribution in [0.1, 0.15) is 30.4 Å². The Morgan fingerprint density at radius 3 is 2.73 bits per heavy atom. The lowest BCUT2D eigenvalue weighted by Crippen LogP contribution is -2.38. The van der Waals surface area contributed by atoms with Gasteiger partial charge in [0, 0.05) is 6.61 Å². The van der Waals surface area contributed by atoms with Crippen molar-refractivity contribution in [2.24, 2.45) is 0 Å². The van der Waals surface area contributed by atoms with Crippen molar-refractivity contribution in [3.05, 3.63) is 34.2 Å². The number of aromatic hydroxyl groups is 1. The number of carbonyl (C=O) groups excluding carboxylic acids is 2. The molecule has 0 radical (unpaired) electrons. The lowest BCUT2D eigenvalue weighted by molar-refractivity contribution is -0.138. The van der Waals surface area contributed by atoms with Gasteiger partial charge in [0.25, 0.3) is 11.1 Å². The van der Waals surface area contributed by atoms with E-state index in [1.165, 1.54) is 12.1 Å². The van der Waals surface area contributed by atoms with E-state index in [0.717, 1.165) is 36.3 Å². The fraction of sp³-hybridized carbons (Fsp3) is 0.412. The third kappa shape index (κ3) is 4.04. The van der Waals surface area contributed by atoms with Crippen molar-refractivity contribution < 1.29 is 32.6 Å². The number of phenolic OH excluding ortho intramolecular Hbond substituents is 1. The van der Waals surface area contributed by atoms with Gasteiger partial charge in [-0.2, -0.15) is 13.2 Å². The summed E-state index contributed by atoms with van der Waals surface area (Å²) in [4.78, 5) is 25.6. The van der Waals surface area contributed by atoms with E-state index >= 15 is 0 Å². The van der Waals surface area contributed by atoms with Crippen LogP contribution in [-0.4, -0.2) is 40.4 Å². The Bertz CT molecular complexity index is 757. The van der Waals surface area contributed by atoms with Gasteiger partial charge in [-0.25, -0.2) is 0 Å². The minimum absolute atomic E-state index is 0.0459. The number of halogens is 3. The molecule has 1 aromatic carbocycles. The summed E-state index contributed by atoms with van der Waals surface area (Å²) in [5, 5.41) is 8.89. The van der Waals surface area contributed by atoms with Crippen LogP contribution in [0.5, 0.6) is 5.75 Å². The maximum absolute atomic E-state index is 12.9. The molecule has 0 aliphatic carbocycles. The van der Waals surface area contributed by atoms with E-state index in [2.05, 4.69) is 0 Å². The lowest BCUT2D eigenvalue weighted by atomic mass is 10.1. The highest BCUT2D eigenvalue weighted by atomic mass is 32.2. The highest BCUT2D eigenvalue weighted by molar-refractivity contribution is 8.18. The molecular formula is C17H16F3NO4S. The van der Waals surface area contributed by atoms with Crippen molar-refractivity contribution in [2.75, 3.05) is 13.2 Å². The normalized spacial score (nSPS) is 23.1. The molecule has 26 heavy (non-hydrogen) atoms. The molecule has 0 bridgehead atoms. The number of ether oxygens (including phenoxy) is 1. The largest absolute Gasteiger partial charge is 0.507 e. The predicted octanol–water partition coefficient (Wildman–Crippen LogP) is 4.02. The van der Waals surface area contributed by atoms with Crippen LogP contribution in [0, 0.1) is 0 Å². The van der Waals surface area contributed by atoms with Gasteiger partial charge in [-0.3, -0.25) is 14.5 Å². The number of carbonyl (C=O) groups is 2. The van der Waals surface area contributed by atoms with Gasteiger partial charge in [-0.05, 0) is 54.8 Å². The number of hydrogen-bond donors (Lipinski definition) is 1. The number of thioether (sulfide) groups is 1. The van der Waals surface area contributed by atoms with E-state index in [9.17, 15) is 27.9 Å². The molecule has 3 rings (SSSR count). The molecule has 1 N–H and O–H groups in total. The van der Waals surface area contributed by atoms with E-state index in [4.69, 9.17) is 4.74 Å². The van der Waals surface area contributed by atoms with E-state index in [-0.39, 0.29) is 23.1 Å². The second kappa shape index (κ2) is 7.32. The Morgan fingerprint density at radius 2 is 2.08 bits per heavy atom. The lowest BCUT2D eigenvalue weighted by Gasteiger charge is -2.25. The van der Waals surface area contributed by atoms with Gasteiger partial charge in [0.15, 0.2) is 0 Å². The summed E-state index contributed by atoms with van der Waals surface area (Å²) < 4.78 is 44.2. The molecule has 2 aliphatic heterocycles. The Kier molecular flexibility index (Phi) is 5.29. The molecule has 1 aromatic rings. The van der Waals surface area contributed by atoms with Gasteiger partial charge in [-0.15, -0.1) is 0 Å². The van der Waals surface area contributed by atoms with E-state index in [1.807, 2.05) is 0 Å². The number of amides is 2. The third-order valence-corrected chi connectivity index (χ3v) is 5.06. The fourth-order valence-electron chi connectivity index (χ4n) is 2.83. The minimum Gasteiger partial charge on any atom is -0.507 e. The molecular weight excluding hydrogens is 371 g/mol. The van der Waals surface area contributed by atoms with Crippen LogP contribution in [0.25, 0.3) is 6.08 Å². The summed E-state index contributed by atoms with van der Waals surface area (Å²) in [7, 11) is 0. The molecule has 2 saturated heterocycles. The van der Waals surface area contributed by atoms with Crippen LogP contribution in [0.15, 0.2) is 23.1 Å². The highest BCUT2D eigenvalue weighted by Crippen LogP contribution is 2.38. The zero-order valence-electron chi connectivity index (χ0n) is 13.6. The quantitative estimate of drug-likeness (QED) is 0.794. The number of hydrogen-bond acceptors (Lipinski definition) is 5. The van der Waals surface area contributed by atoms with Gasteiger partial charge in [0.1, 0.15) is 5.75 Å². The summed E-state index contributed by atoms with van der Waals surface area (Å²) in [6, 6.07) is 2.91. The number of imide groups is 1. The van der Waals surface area contributed by atoms with Gasteiger partial charge >= 0.3 is 6.18 Å². The third-order valence-electron chi connectivity index (χ3n) is 4.16. The molecule has 1 atom stereocenters. The van der Waals surface area contributed by atoms with Crippen molar-refractivity contribution in [3.63, 3.8) is 0 Å². The standard InChI is InChI=1S/C17H16F3NO4S/c18-17(19,20)12-7-10(4-5-13(12)22)8-14-15(23)21(16(24)26-14)9-11-3-1-2-6-25-11/h4-5,7-8,11,22H,1-3,6,9H2. The second-order valence-electron chi connectivity index (χ2n) is 6.06. The minimum atomic E-state index is -4.72. The average molecular weight is 387 g/mol. The Hall–Kier alpha value is -2.00. The summed E-state index contributed by atoms with van der Waals surface area (Å²) in [6.45, 7) is 0.732. The van der Waals surface area contributed by atoms with E-state index in [0.29, 0.717) is 18.4 Å². The van der Waals surface area contributed by atoms with Crippen molar-refractivity contribution in [1.29, 1.82) is 0 Å². The number of alkyl halides is 3. The molecule has 1 unspecified atom stereocenters. The Morgan fingerprint density at radius 1 is 1.31 bits per heavy atom. The maximum Gasteiger partial charge on any atom is 0.419 e. The number of rotatable bonds is 3. The van der Waals surface area contributed by atoms with Crippen molar-refractivity contribution in [2.45, 2.75) is 31.5 Å².